The van der Waals surface area contributed by atoms with Gasteiger partial charge in [-0.15, -0.1) is 0 Å². The summed E-state index contributed by atoms with van der Waals surface area (Å²) in [7, 11) is 0. The van der Waals surface area contributed by atoms with Crippen LogP contribution in [0.15, 0.2) is 85.2 Å². The molecular weight excluding hydrogens is 308 g/mol. The lowest BCUT2D eigenvalue weighted by atomic mass is 10.2. The van der Waals surface area contributed by atoms with E-state index in [1.807, 2.05) is 48.5 Å². The van der Waals surface area contributed by atoms with Gasteiger partial charge in [0.15, 0.2) is 5.82 Å². The van der Waals surface area contributed by atoms with Crippen molar-refractivity contribution in [2.24, 2.45) is 0 Å². The maximum Gasteiger partial charge on any atom is 0.164 e. The number of aromatic nitrogens is 4. The molecule has 0 aliphatic rings. The van der Waals surface area contributed by atoms with E-state index in [4.69, 9.17) is 4.98 Å². The number of imidazole rings is 1. The van der Waals surface area contributed by atoms with Crippen molar-refractivity contribution in [2.75, 3.05) is 0 Å². The number of rotatable bonds is 2. The average Bonchev–Trinajstić information content (AvgIpc) is 3.09. The second kappa shape index (κ2) is 5.53. The van der Waals surface area contributed by atoms with Gasteiger partial charge in [0.2, 0.25) is 0 Å². The fourth-order valence-corrected chi connectivity index (χ4v) is 3.19. The van der Waals surface area contributed by atoms with Gasteiger partial charge in [0.25, 0.3) is 0 Å². The molecule has 0 atom stereocenters. The van der Waals surface area contributed by atoms with Gasteiger partial charge in [0, 0.05) is 12.4 Å². The first-order valence-corrected chi connectivity index (χ1v) is 8.15. The molecule has 118 valence electrons. The van der Waals surface area contributed by atoms with Gasteiger partial charge < -0.3 is 0 Å². The Balaban J connectivity index is 1.94. The Kier molecular flexibility index (Phi) is 3.07. The highest BCUT2D eigenvalue weighted by Crippen LogP contribution is 2.31. The quantitative estimate of drug-likeness (QED) is 0.476. The molecule has 0 amide bonds. The molecule has 5 rings (SSSR count). The van der Waals surface area contributed by atoms with Crippen molar-refractivity contribution in [2.45, 2.75) is 0 Å². The maximum absolute atomic E-state index is 4.92. The third kappa shape index (κ3) is 2.19. The predicted octanol–water partition coefficient (Wildman–Crippen LogP) is 4.61. The van der Waals surface area contributed by atoms with Crippen LogP contribution >= 0.6 is 0 Å². The van der Waals surface area contributed by atoms with Crippen LogP contribution in [0.3, 0.4) is 0 Å². The Morgan fingerprint density at radius 1 is 0.600 bits per heavy atom. The number of benzene rings is 1. The molecule has 0 unspecified atom stereocenters. The van der Waals surface area contributed by atoms with Crippen molar-refractivity contribution in [1.29, 1.82) is 0 Å². The van der Waals surface area contributed by atoms with E-state index in [1.165, 1.54) is 0 Å². The van der Waals surface area contributed by atoms with Crippen LogP contribution in [0.25, 0.3) is 39.3 Å². The number of fused-ring (bicyclic) bond motifs is 3. The monoisotopic (exact) mass is 322 g/mol. The van der Waals surface area contributed by atoms with E-state index >= 15 is 0 Å². The molecule has 0 aliphatic carbocycles. The number of pyridine rings is 3. The number of para-hydroxylation sites is 1. The Morgan fingerprint density at radius 3 is 2.08 bits per heavy atom. The molecule has 4 aromatic heterocycles. The molecule has 0 saturated heterocycles. The molecule has 25 heavy (non-hydrogen) atoms. The van der Waals surface area contributed by atoms with Crippen molar-refractivity contribution < 1.29 is 0 Å². The summed E-state index contributed by atoms with van der Waals surface area (Å²) in [6.45, 7) is 0. The Bertz CT molecular complexity index is 1180. The lowest BCUT2D eigenvalue weighted by Crippen LogP contribution is -1.93. The molecule has 4 nitrogen and oxygen atoms in total. The molecule has 4 heteroatoms. The molecule has 5 aromatic rings. The molecule has 0 radical (unpaired) electrons. The summed E-state index contributed by atoms with van der Waals surface area (Å²) in [5, 5.41) is 1.16. The first-order valence-electron chi connectivity index (χ1n) is 8.15. The van der Waals surface area contributed by atoms with E-state index < -0.39 is 0 Å². The molecule has 0 fully saturated rings. The second-order valence-electron chi connectivity index (χ2n) is 5.83. The summed E-state index contributed by atoms with van der Waals surface area (Å²) in [6.07, 6.45) is 3.59. The van der Waals surface area contributed by atoms with E-state index in [-0.39, 0.29) is 0 Å². The molecule has 0 N–H and O–H groups in total. The highest BCUT2D eigenvalue weighted by Gasteiger charge is 2.17. The summed E-state index contributed by atoms with van der Waals surface area (Å²) in [4.78, 5) is 13.9. The minimum absolute atomic E-state index is 0.827. The average molecular weight is 322 g/mol. The van der Waals surface area contributed by atoms with Crippen LogP contribution in [0, 0.1) is 0 Å². The zero-order chi connectivity index (χ0) is 16.6. The molecule has 0 bridgehead atoms. The van der Waals surface area contributed by atoms with Crippen molar-refractivity contribution in [3.8, 4) is 22.9 Å². The fraction of sp³-hybridized carbons (Fsp3) is 0. The van der Waals surface area contributed by atoms with Gasteiger partial charge in [-0.05, 0) is 41.8 Å². The molecule has 0 aliphatic heterocycles. The summed E-state index contributed by atoms with van der Waals surface area (Å²) < 4.78 is 2.17. The van der Waals surface area contributed by atoms with Crippen LogP contribution in [0.2, 0.25) is 0 Å². The van der Waals surface area contributed by atoms with E-state index in [0.29, 0.717) is 0 Å². The first-order chi connectivity index (χ1) is 12.4. The van der Waals surface area contributed by atoms with Crippen molar-refractivity contribution in [3.63, 3.8) is 0 Å². The van der Waals surface area contributed by atoms with Gasteiger partial charge in [0.05, 0.1) is 16.7 Å². The summed E-state index contributed by atoms with van der Waals surface area (Å²) in [5.74, 6) is 0.827. The van der Waals surface area contributed by atoms with Crippen molar-refractivity contribution in [3.05, 3.63) is 85.2 Å². The van der Waals surface area contributed by atoms with Crippen molar-refractivity contribution in [1.82, 2.24) is 19.4 Å². The summed E-state index contributed by atoms with van der Waals surface area (Å²) >= 11 is 0. The number of hydrogen-bond acceptors (Lipinski definition) is 3. The predicted molar refractivity (Wildman–Crippen MR) is 99.2 cm³/mol. The van der Waals surface area contributed by atoms with Crippen LogP contribution < -0.4 is 0 Å². The Labute approximate surface area is 144 Å². The van der Waals surface area contributed by atoms with E-state index in [1.54, 1.807) is 12.4 Å². The van der Waals surface area contributed by atoms with E-state index in [0.717, 1.165) is 39.3 Å². The minimum atomic E-state index is 0.827. The standard InChI is InChI=1S/C21H14N4/c1-2-10-18-15(7-1)11-12-19-20(16-8-3-5-13-22-16)24-21(25(18)19)17-9-4-6-14-23-17/h1-14H. The molecule has 0 saturated carbocycles. The van der Waals surface area contributed by atoms with Gasteiger partial charge in [-0.25, -0.2) is 4.98 Å². The van der Waals surface area contributed by atoms with Crippen LogP contribution in [0.5, 0.6) is 0 Å². The third-order valence-electron chi connectivity index (χ3n) is 4.31. The van der Waals surface area contributed by atoms with Crippen LogP contribution in [0.4, 0.5) is 0 Å². The van der Waals surface area contributed by atoms with Gasteiger partial charge >= 0.3 is 0 Å². The van der Waals surface area contributed by atoms with Gasteiger partial charge in [-0.2, -0.15) is 0 Å². The lowest BCUT2D eigenvalue weighted by molar-refractivity contribution is 1.17. The highest BCUT2D eigenvalue weighted by atomic mass is 15.1. The molecular formula is C21H14N4. The van der Waals surface area contributed by atoms with Crippen LogP contribution in [-0.2, 0) is 0 Å². The molecule has 0 spiro atoms. The Hall–Kier alpha value is -3.53. The third-order valence-corrected chi connectivity index (χ3v) is 4.31. The SMILES string of the molecule is c1ccc(-c2nc(-c3ccccn3)n3c2ccc2ccccc23)nc1. The normalized spacial score (nSPS) is 11.2. The largest absolute Gasteiger partial charge is 0.290 e. The van der Waals surface area contributed by atoms with Crippen molar-refractivity contribution >= 4 is 16.4 Å². The van der Waals surface area contributed by atoms with Crippen LogP contribution in [0.1, 0.15) is 0 Å². The maximum atomic E-state index is 4.92. The van der Waals surface area contributed by atoms with Gasteiger partial charge in [-0.1, -0.05) is 36.4 Å². The number of nitrogens with zero attached hydrogens (tertiary/aromatic N) is 4. The van der Waals surface area contributed by atoms with Gasteiger partial charge in [0.1, 0.15) is 11.4 Å². The van der Waals surface area contributed by atoms with E-state index in [9.17, 15) is 0 Å². The lowest BCUT2D eigenvalue weighted by Gasteiger charge is -2.06. The zero-order valence-corrected chi connectivity index (χ0v) is 13.4. The van der Waals surface area contributed by atoms with Gasteiger partial charge in [-0.3, -0.25) is 14.4 Å². The minimum Gasteiger partial charge on any atom is -0.290 e. The highest BCUT2D eigenvalue weighted by molar-refractivity contribution is 5.90. The second-order valence-corrected chi connectivity index (χ2v) is 5.83. The molecule has 1 aromatic carbocycles. The zero-order valence-electron chi connectivity index (χ0n) is 13.4. The van der Waals surface area contributed by atoms with Crippen LogP contribution in [-0.4, -0.2) is 19.4 Å². The smallest absolute Gasteiger partial charge is 0.164 e. The summed E-state index contributed by atoms with van der Waals surface area (Å²) in [5.41, 5.74) is 4.70. The summed E-state index contributed by atoms with van der Waals surface area (Å²) in [6, 6.07) is 24.3. The first kappa shape index (κ1) is 13.9. The van der Waals surface area contributed by atoms with E-state index in [2.05, 4.69) is 38.6 Å². The number of hydrogen-bond donors (Lipinski definition) is 0. The topological polar surface area (TPSA) is 43.1 Å². The Morgan fingerprint density at radius 2 is 1.32 bits per heavy atom. The fourth-order valence-electron chi connectivity index (χ4n) is 3.19. The molecule has 4 heterocycles.